The molecule has 0 fully saturated rings. The number of carbonyl (C=O) groups is 1. The van der Waals surface area contributed by atoms with Gasteiger partial charge in [-0.15, -0.1) is 0 Å². The van der Waals surface area contributed by atoms with Crippen molar-refractivity contribution in [2.75, 3.05) is 5.32 Å². The van der Waals surface area contributed by atoms with E-state index in [9.17, 15) is 25.3 Å². The van der Waals surface area contributed by atoms with Gasteiger partial charge in [0, 0.05) is 27.5 Å². The van der Waals surface area contributed by atoms with Gasteiger partial charge in [-0.05, 0) is 81.1 Å². The maximum Gasteiger partial charge on any atom is 0.269 e. The van der Waals surface area contributed by atoms with Crippen molar-refractivity contribution in [1.29, 1.82) is 5.26 Å². The Morgan fingerprint density at radius 2 is 2.00 bits per heavy atom. The first-order valence-corrected chi connectivity index (χ1v) is 11.1. The molecule has 0 atom stereocenters. The van der Waals surface area contributed by atoms with Crippen LogP contribution < -0.4 is 5.32 Å². The lowest BCUT2D eigenvalue weighted by Gasteiger charge is -2.05. The first kappa shape index (κ1) is 22.1. The molecule has 1 amide bonds. The first-order chi connectivity index (χ1) is 14.3. The molecule has 0 saturated heterocycles. The summed E-state index contributed by atoms with van der Waals surface area (Å²) in [4.78, 5) is 27.6. The van der Waals surface area contributed by atoms with Crippen molar-refractivity contribution in [3.05, 3.63) is 71.0 Å². The Bertz CT molecular complexity index is 1220. The summed E-state index contributed by atoms with van der Waals surface area (Å²) in [7, 11) is 0. The van der Waals surface area contributed by atoms with E-state index >= 15 is 0 Å². The highest BCUT2D eigenvalue weighted by molar-refractivity contribution is 14.1. The summed E-state index contributed by atoms with van der Waals surface area (Å²) in [5, 5.41) is 33.2. The number of nitrogens with one attached hydrogen (secondary N) is 1. The molecule has 2 N–H and O–H groups in total. The number of phenolic OH excluding ortho intramolecular Hbond substituents is 1. The molecule has 3 rings (SSSR count). The third kappa shape index (κ3) is 5.12. The Morgan fingerprint density at radius 3 is 2.63 bits per heavy atom. The Balaban J connectivity index is 1.80. The molecule has 0 radical (unpaired) electrons. The van der Waals surface area contributed by atoms with Crippen LogP contribution in [0.2, 0.25) is 0 Å². The predicted molar refractivity (Wildman–Crippen MR) is 130 cm³/mol. The fraction of sp³-hybridized carbons (Fsp3) is 0. The van der Waals surface area contributed by atoms with Gasteiger partial charge in [0.1, 0.15) is 17.4 Å². The summed E-state index contributed by atoms with van der Waals surface area (Å²) in [5.41, 5.74) is 0.876. The Labute approximate surface area is 201 Å². The minimum absolute atomic E-state index is 0.00808. The van der Waals surface area contributed by atoms with E-state index in [0.717, 1.165) is 3.57 Å². The first-order valence-electron chi connectivity index (χ1n) is 8.10. The van der Waals surface area contributed by atoms with E-state index in [4.69, 9.17) is 0 Å². The van der Waals surface area contributed by atoms with Gasteiger partial charge in [-0.2, -0.15) is 5.26 Å². The van der Waals surface area contributed by atoms with Crippen LogP contribution in [0, 0.1) is 28.6 Å². The zero-order valence-electron chi connectivity index (χ0n) is 14.8. The number of rotatable bonds is 5. The lowest BCUT2D eigenvalue weighted by molar-refractivity contribution is -0.384. The molecule has 8 nitrogen and oxygen atoms in total. The average Bonchev–Trinajstić information content (AvgIpc) is 3.17. The van der Waals surface area contributed by atoms with Gasteiger partial charge in [-0.25, -0.2) is 4.98 Å². The predicted octanol–water partition coefficient (Wildman–Crippen LogP) is 5.18. The normalized spacial score (nSPS) is 11.0. The second kappa shape index (κ2) is 9.49. The molecule has 150 valence electrons. The van der Waals surface area contributed by atoms with Gasteiger partial charge in [-0.3, -0.25) is 20.2 Å². The van der Waals surface area contributed by atoms with Crippen molar-refractivity contribution in [2.45, 2.75) is 0 Å². The van der Waals surface area contributed by atoms with E-state index in [-0.39, 0.29) is 22.1 Å². The smallest absolute Gasteiger partial charge is 0.269 e. The van der Waals surface area contributed by atoms with E-state index < -0.39 is 10.8 Å². The topological polar surface area (TPSA) is 129 Å². The number of non-ortho nitro benzene ring substituents is 1. The minimum atomic E-state index is -0.657. The van der Waals surface area contributed by atoms with Crippen molar-refractivity contribution >= 4 is 79.3 Å². The van der Waals surface area contributed by atoms with Gasteiger partial charge in [0.05, 0.1) is 13.4 Å². The number of amides is 1. The van der Waals surface area contributed by atoms with Gasteiger partial charge in [0.25, 0.3) is 11.6 Å². The van der Waals surface area contributed by atoms with E-state index in [1.54, 1.807) is 24.3 Å². The molecule has 1 aromatic heterocycles. The van der Waals surface area contributed by atoms with Crippen LogP contribution in [0.4, 0.5) is 10.8 Å². The van der Waals surface area contributed by atoms with E-state index in [1.807, 2.05) is 28.7 Å². The van der Waals surface area contributed by atoms with Crippen LogP contribution in [-0.2, 0) is 4.79 Å². The number of nitro benzene ring substituents is 1. The van der Waals surface area contributed by atoms with E-state index in [1.165, 1.54) is 35.7 Å². The molecule has 0 aliphatic carbocycles. The number of halogens is 2. The van der Waals surface area contributed by atoms with Crippen LogP contribution in [0.15, 0.2) is 48.2 Å². The number of nitro groups is 1. The largest absolute Gasteiger partial charge is 0.506 e. The molecule has 0 unspecified atom stereocenters. The minimum Gasteiger partial charge on any atom is -0.506 e. The number of hydrogen-bond acceptors (Lipinski definition) is 7. The van der Waals surface area contributed by atoms with Gasteiger partial charge in [0.2, 0.25) is 0 Å². The third-order valence-corrected chi connectivity index (χ3v) is 6.22. The molecule has 0 aliphatic heterocycles. The molecular formula is C19H10I2N4O4S. The summed E-state index contributed by atoms with van der Waals surface area (Å²) in [6.45, 7) is 0. The van der Waals surface area contributed by atoms with Gasteiger partial charge >= 0.3 is 0 Å². The van der Waals surface area contributed by atoms with E-state index in [0.29, 0.717) is 19.6 Å². The lowest BCUT2D eigenvalue weighted by atomic mass is 10.1. The second-order valence-electron chi connectivity index (χ2n) is 5.78. The molecule has 1 heterocycles. The number of aromatic hydroxyl groups is 1. The Morgan fingerprint density at radius 1 is 1.30 bits per heavy atom. The maximum absolute atomic E-state index is 12.5. The van der Waals surface area contributed by atoms with Crippen LogP contribution in [0.3, 0.4) is 0 Å². The standard InChI is InChI=1S/C19H10I2N4O4S/c20-13-6-11(17(26)15(21)7-13)5-12(8-22)18(27)24-19-23-9-16(30-19)10-1-3-14(4-2-10)25(28)29/h1-7,9,26H,(H,23,24,27)/b12-5+. The molecule has 2 aromatic carbocycles. The van der Waals surface area contributed by atoms with Crippen LogP contribution >= 0.6 is 56.5 Å². The summed E-state index contributed by atoms with van der Waals surface area (Å²) >= 11 is 5.22. The highest BCUT2D eigenvalue weighted by atomic mass is 127. The van der Waals surface area contributed by atoms with Crippen molar-refractivity contribution in [3.8, 4) is 22.3 Å². The van der Waals surface area contributed by atoms with Gasteiger partial charge in [-0.1, -0.05) is 11.3 Å². The molecule has 11 heteroatoms. The molecule has 0 saturated carbocycles. The summed E-state index contributed by atoms with van der Waals surface area (Å²) < 4.78 is 1.46. The lowest BCUT2D eigenvalue weighted by Crippen LogP contribution is -2.13. The van der Waals surface area contributed by atoms with Crippen molar-refractivity contribution in [2.24, 2.45) is 0 Å². The van der Waals surface area contributed by atoms with Crippen LogP contribution in [-0.4, -0.2) is 20.9 Å². The number of benzene rings is 2. The highest BCUT2D eigenvalue weighted by Gasteiger charge is 2.15. The summed E-state index contributed by atoms with van der Waals surface area (Å²) in [5.74, 6) is -0.665. The number of phenols is 1. The summed E-state index contributed by atoms with van der Waals surface area (Å²) in [6, 6.07) is 11.2. The molecular weight excluding hydrogens is 634 g/mol. The van der Waals surface area contributed by atoms with Crippen LogP contribution in [0.5, 0.6) is 5.75 Å². The maximum atomic E-state index is 12.5. The zero-order valence-corrected chi connectivity index (χ0v) is 19.9. The quantitative estimate of drug-likeness (QED) is 0.130. The average molecular weight is 644 g/mol. The van der Waals surface area contributed by atoms with Crippen molar-refractivity contribution in [3.63, 3.8) is 0 Å². The molecule has 0 bridgehead atoms. The molecule has 0 spiro atoms. The van der Waals surface area contributed by atoms with Crippen LogP contribution in [0.1, 0.15) is 5.56 Å². The molecule has 0 aliphatic rings. The van der Waals surface area contributed by atoms with Crippen LogP contribution in [0.25, 0.3) is 16.5 Å². The summed E-state index contributed by atoms with van der Waals surface area (Å²) in [6.07, 6.45) is 2.85. The number of hydrogen-bond donors (Lipinski definition) is 2. The molecule has 3 aromatic rings. The number of anilines is 1. The zero-order chi connectivity index (χ0) is 21.8. The number of thiazole rings is 1. The monoisotopic (exact) mass is 644 g/mol. The SMILES string of the molecule is N#C/C(=C\c1cc(I)cc(I)c1O)C(=O)Nc1ncc(-c2ccc([N+](=O)[O-])cc2)s1. The number of aromatic nitrogens is 1. The van der Waals surface area contributed by atoms with Gasteiger partial charge in [0.15, 0.2) is 5.13 Å². The Kier molecular flexibility index (Phi) is 7.00. The fourth-order valence-corrected chi connectivity index (χ4v) is 5.08. The number of nitriles is 1. The third-order valence-electron chi connectivity index (χ3n) is 3.81. The van der Waals surface area contributed by atoms with Gasteiger partial charge < -0.3 is 5.11 Å². The highest BCUT2D eigenvalue weighted by Crippen LogP contribution is 2.31. The molecule has 30 heavy (non-hydrogen) atoms. The number of carbonyl (C=O) groups excluding carboxylic acids is 1. The van der Waals surface area contributed by atoms with E-state index in [2.05, 4.69) is 32.9 Å². The van der Waals surface area contributed by atoms with Crippen molar-refractivity contribution < 1.29 is 14.8 Å². The fourth-order valence-electron chi connectivity index (χ4n) is 2.38. The second-order valence-corrected chi connectivity index (χ2v) is 9.22. The Hall–Kier alpha value is -2.57. The van der Waals surface area contributed by atoms with Crippen molar-refractivity contribution in [1.82, 2.24) is 4.98 Å². The number of nitrogens with zero attached hydrogens (tertiary/aromatic N) is 3.